The highest BCUT2D eigenvalue weighted by Crippen LogP contribution is 2.31. The van der Waals surface area contributed by atoms with Crippen molar-refractivity contribution in [1.29, 1.82) is 5.26 Å². The SMILES string of the molecule is Cc1nc(N2CCCC(NC(=O)CC#N)C2)c2c(cnc3nccc32)[nH]1. The highest BCUT2D eigenvalue weighted by atomic mass is 16.1. The van der Waals surface area contributed by atoms with E-state index in [9.17, 15) is 4.79 Å². The van der Waals surface area contributed by atoms with Crippen molar-refractivity contribution in [2.75, 3.05) is 18.0 Å². The minimum absolute atomic E-state index is 0.0149. The van der Waals surface area contributed by atoms with Crippen molar-refractivity contribution in [1.82, 2.24) is 25.3 Å². The molecule has 3 aromatic heterocycles. The minimum Gasteiger partial charge on any atom is -0.354 e. The number of aromatic nitrogens is 4. The van der Waals surface area contributed by atoms with E-state index in [1.165, 1.54) is 0 Å². The number of fused-ring (bicyclic) bond motifs is 3. The summed E-state index contributed by atoms with van der Waals surface area (Å²) in [6.45, 7) is 3.46. The third-order valence-corrected chi connectivity index (χ3v) is 4.67. The monoisotopic (exact) mass is 349 g/mol. The van der Waals surface area contributed by atoms with Crippen molar-refractivity contribution < 1.29 is 4.79 Å². The van der Waals surface area contributed by atoms with Crippen LogP contribution in [0.15, 0.2) is 18.5 Å². The molecule has 1 atom stereocenters. The van der Waals surface area contributed by atoms with Crippen molar-refractivity contribution in [2.45, 2.75) is 32.2 Å². The standard InChI is InChI=1S/C18H19N7O/c1-11-22-14-9-21-17-13(5-7-20-17)16(14)18(23-11)25-8-2-3-12(10-25)24-15(26)4-6-19/h5,7,9,12H,2-4,8,10H2,1H3,(H,22,23)(H,24,26). The van der Waals surface area contributed by atoms with Gasteiger partial charge in [-0.05, 0) is 25.8 Å². The number of aryl methyl sites for hydroxylation is 1. The molecule has 26 heavy (non-hydrogen) atoms. The highest BCUT2D eigenvalue weighted by Gasteiger charge is 2.24. The summed E-state index contributed by atoms with van der Waals surface area (Å²) in [7, 11) is 0. The maximum atomic E-state index is 11.8. The quantitative estimate of drug-likeness (QED) is 0.746. The molecule has 0 saturated carbocycles. The average Bonchev–Trinajstić information content (AvgIpc) is 3.10. The van der Waals surface area contributed by atoms with E-state index in [1.807, 2.05) is 19.1 Å². The van der Waals surface area contributed by atoms with E-state index in [-0.39, 0.29) is 18.4 Å². The van der Waals surface area contributed by atoms with E-state index in [0.717, 1.165) is 47.3 Å². The molecule has 132 valence electrons. The number of nitrogens with one attached hydrogen (secondary N) is 2. The molecule has 0 aromatic carbocycles. The lowest BCUT2D eigenvalue weighted by Crippen LogP contribution is -2.48. The Bertz CT molecular complexity index is 1020. The number of carbonyl (C=O) groups is 1. The first-order valence-corrected chi connectivity index (χ1v) is 8.67. The van der Waals surface area contributed by atoms with Crippen LogP contribution in [0.2, 0.25) is 0 Å². The van der Waals surface area contributed by atoms with Gasteiger partial charge in [0.2, 0.25) is 5.91 Å². The molecule has 4 rings (SSSR count). The second-order valence-corrected chi connectivity index (χ2v) is 6.56. The number of rotatable bonds is 3. The molecule has 1 aliphatic rings. The fourth-order valence-electron chi connectivity index (χ4n) is 3.60. The van der Waals surface area contributed by atoms with Gasteiger partial charge in [-0.25, -0.2) is 15.0 Å². The van der Waals surface area contributed by atoms with Crippen LogP contribution in [-0.4, -0.2) is 45.0 Å². The zero-order valence-electron chi connectivity index (χ0n) is 14.5. The molecule has 8 nitrogen and oxygen atoms in total. The van der Waals surface area contributed by atoms with Crippen molar-refractivity contribution in [3.05, 3.63) is 24.3 Å². The largest absolute Gasteiger partial charge is 0.354 e. The van der Waals surface area contributed by atoms with Crippen molar-refractivity contribution in [3.63, 3.8) is 0 Å². The Hall–Kier alpha value is -3.21. The van der Waals surface area contributed by atoms with Gasteiger partial charge in [-0.2, -0.15) is 5.26 Å². The van der Waals surface area contributed by atoms with E-state index in [0.29, 0.717) is 12.2 Å². The van der Waals surface area contributed by atoms with Crippen LogP contribution >= 0.6 is 0 Å². The van der Waals surface area contributed by atoms with Crippen LogP contribution in [-0.2, 0) is 4.79 Å². The van der Waals surface area contributed by atoms with Crippen molar-refractivity contribution in [2.24, 2.45) is 0 Å². The van der Waals surface area contributed by atoms with Gasteiger partial charge in [0.15, 0.2) is 5.65 Å². The molecule has 1 aliphatic heterocycles. The lowest BCUT2D eigenvalue weighted by atomic mass is 10.0. The number of nitriles is 1. The molecule has 8 heteroatoms. The van der Waals surface area contributed by atoms with Crippen LogP contribution in [0, 0.1) is 18.3 Å². The lowest BCUT2D eigenvalue weighted by molar-refractivity contribution is -0.120. The van der Waals surface area contributed by atoms with Gasteiger partial charge in [0.25, 0.3) is 0 Å². The summed E-state index contributed by atoms with van der Waals surface area (Å²) in [5.41, 5.74) is 1.62. The number of anilines is 1. The van der Waals surface area contributed by atoms with Gasteiger partial charge >= 0.3 is 0 Å². The molecule has 4 heterocycles. The summed E-state index contributed by atoms with van der Waals surface area (Å²) < 4.78 is 0. The van der Waals surface area contributed by atoms with Crippen LogP contribution < -0.4 is 10.2 Å². The number of hydrogen-bond donors (Lipinski definition) is 2. The Morgan fingerprint density at radius 1 is 1.50 bits per heavy atom. The Labute approximate surface area is 150 Å². The molecule has 3 aromatic rings. The van der Waals surface area contributed by atoms with Gasteiger partial charge < -0.3 is 15.2 Å². The Morgan fingerprint density at radius 2 is 2.38 bits per heavy atom. The fourth-order valence-corrected chi connectivity index (χ4v) is 3.60. The molecule has 0 bridgehead atoms. The average molecular weight is 349 g/mol. The molecule has 0 spiro atoms. The number of pyridine rings is 1. The van der Waals surface area contributed by atoms with Gasteiger partial charge in [-0.3, -0.25) is 4.79 Å². The molecule has 1 amide bonds. The van der Waals surface area contributed by atoms with E-state index in [1.54, 1.807) is 12.4 Å². The number of H-pyrrole nitrogens is 1. The van der Waals surface area contributed by atoms with Crippen LogP contribution in [0.5, 0.6) is 0 Å². The van der Waals surface area contributed by atoms with Gasteiger partial charge in [-0.15, -0.1) is 0 Å². The summed E-state index contributed by atoms with van der Waals surface area (Å²) in [4.78, 5) is 30.7. The first kappa shape index (κ1) is 16.3. The first-order chi connectivity index (χ1) is 12.7. The smallest absolute Gasteiger partial charge is 0.234 e. The third kappa shape index (κ3) is 2.92. The molecule has 2 N–H and O–H groups in total. The number of aromatic amines is 1. The molecule has 1 fully saturated rings. The van der Waals surface area contributed by atoms with E-state index < -0.39 is 0 Å². The minimum atomic E-state index is -0.221. The van der Waals surface area contributed by atoms with E-state index >= 15 is 0 Å². The second kappa shape index (κ2) is 6.59. The summed E-state index contributed by atoms with van der Waals surface area (Å²) >= 11 is 0. The van der Waals surface area contributed by atoms with Crippen LogP contribution in [0.4, 0.5) is 5.82 Å². The van der Waals surface area contributed by atoms with Gasteiger partial charge in [0, 0.05) is 30.7 Å². The lowest BCUT2D eigenvalue weighted by Gasteiger charge is -2.34. The molecule has 1 saturated heterocycles. The topological polar surface area (TPSA) is 111 Å². The number of carbonyl (C=O) groups excluding carboxylic acids is 1. The zero-order valence-corrected chi connectivity index (χ0v) is 14.5. The van der Waals surface area contributed by atoms with Gasteiger partial charge in [-0.1, -0.05) is 0 Å². The van der Waals surface area contributed by atoms with E-state index in [2.05, 4.69) is 25.2 Å². The number of hydrogen-bond acceptors (Lipinski definition) is 6. The number of piperidine rings is 1. The third-order valence-electron chi connectivity index (χ3n) is 4.67. The normalized spacial score (nSPS) is 17.4. The Balaban J connectivity index is 1.72. The molecule has 1 unspecified atom stereocenters. The highest BCUT2D eigenvalue weighted by molar-refractivity contribution is 6.09. The predicted octanol–water partition coefficient (Wildman–Crippen LogP) is 1.81. The van der Waals surface area contributed by atoms with Gasteiger partial charge in [0.1, 0.15) is 18.1 Å². The second-order valence-electron chi connectivity index (χ2n) is 6.56. The zero-order chi connectivity index (χ0) is 18.1. The van der Waals surface area contributed by atoms with Crippen LogP contribution in [0.3, 0.4) is 0 Å². The fraction of sp³-hybridized carbons (Fsp3) is 0.389. The first-order valence-electron chi connectivity index (χ1n) is 8.67. The molecular formula is C18H19N7O. The van der Waals surface area contributed by atoms with Gasteiger partial charge in [0.05, 0.1) is 23.2 Å². The van der Waals surface area contributed by atoms with Crippen LogP contribution in [0.25, 0.3) is 21.9 Å². The predicted molar refractivity (Wildman–Crippen MR) is 97.5 cm³/mol. The van der Waals surface area contributed by atoms with Crippen molar-refractivity contribution in [3.8, 4) is 6.07 Å². The molecular weight excluding hydrogens is 330 g/mol. The Kier molecular flexibility index (Phi) is 4.13. The van der Waals surface area contributed by atoms with Crippen LogP contribution in [0.1, 0.15) is 25.1 Å². The summed E-state index contributed by atoms with van der Waals surface area (Å²) in [5, 5.41) is 13.6. The Morgan fingerprint density at radius 3 is 3.23 bits per heavy atom. The summed E-state index contributed by atoms with van der Waals surface area (Å²) in [6, 6.07) is 3.86. The summed E-state index contributed by atoms with van der Waals surface area (Å²) in [5.74, 6) is 1.47. The summed E-state index contributed by atoms with van der Waals surface area (Å²) in [6.07, 6.45) is 5.29. The number of nitrogens with zero attached hydrogens (tertiary/aromatic N) is 5. The molecule has 0 aliphatic carbocycles. The van der Waals surface area contributed by atoms with E-state index in [4.69, 9.17) is 10.2 Å². The maximum absolute atomic E-state index is 11.8. The molecule has 0 radical (unpaired) electrons. The number of amides is 1. The maximum Gasteiger partial charge on any atom is 0.234 e. The van der Waals surface area contributed by atoms with Crippen molar-refractivity contribution >= 4 is 33.7 Å².